The fraction of sp³-hybridized carbons (Fsp3) is 0.875. The molecule has 1 N–H and O–H groups in total. The highest BCUT2D eigenvalue weighted by molar-refractivity contribution is 5.90. The third kappa shape index (κ3) is 2.23. The molecular weight excluding hydrogens is 252 g/mol. The third-order valence-electron chi connectivity index (χ3n) is 5.94. The zero-order valence-electron chi connectivity index (χ0n) is 12.0. The van der Waals surface area contributed by atoms with Crippen LogP contribution in [0.4, 0.5) is 0 Å². The van der Waals surface area contributed by atoms with Crippen LogP contribution in [0, 0.1) is 23.7 Å². The van der Waals surface area contributed by atoms with Gasteiger partial charge in [-0.3, -0.25) is 9.59 Å². The van der Waals surface area contributed by atoms with E-state index in [2.05, 4.69) is 5.32 Å². The fourth-order valence-electron chi connectivity index (χ4n) is 4.66. The van der Waals surface area contributed by atoms with Gasteiger partial charge in [-0.15, -0.1) is 0 Å². The second-order valence-corrected chi connectivity index (χ2v) is 7.35. The average Bonchev–Trinajstić information content (AvgIpc) is 3.10. The molecule has 1 aliphatic heterocycles. The second kappa shape index (κ2) is 4.74. The lowest BCUT2D eigenvalue weighted by Gasteiger charge is -2.30. The molecule has 3 saturated carbocycles. The first-order valence-electron chi connectivity index (χ1n) is 8.29. The summed E-state index contributed by atoms with van der Waals surface area (Å²) in [5.74, 6) is 3.13. The summed E-state index contributed by atoms with van der Waals surface area (Å²) in [6.45, 7) is 1.53. The Hall–Kier alpha value is -1.06. The van der Waals surface area contributed by atoms with Crippen LogP contribution < -0.4 is 5.32 Å². The normalized spacial score (nSPS) is 40.9. The van der Waals surface area contributed by atoms with E-state index in [1.807, 2.05) is 4.90 Å². The van der Waals surface area contributed by atoms with Crippen molar-refractivity contribution >= 4 is 11.8 Å². The van der Waals surface area contributed by atoms with E-state index < -0.39 is 0 Å². The molecule has 0 aromatic carbocycles. The summed E-state index contributed by atoms with van der Waals surface area (Å²) in [6.07, 6.45) is 8.13. The molecule has 2 amide bonds. The van der Waals surface area contributed by atoms with E-state index in [1.165, 1.54) is 25.7 Å². The van der Waals surface area contributed by atoms with Gasteiger partial charge in [-0.1, -0.05) is 6.42 Å². The van der Waals surface area contributed by atoms with Crippen molar-refractivity contribution in [3.05, 3.63) is 0 Å². The molecule has 110 valence electrons. The molecule has 4 atom stereocenters. The number of nitrogens with zero attached hydrogens (tertiary/aromatic N) is 1. The van der Waals surface area contributed by atoms with Crippen LogP contribution in [0.5, 0.6) is 0 Å². The van der Waals surface area contributed by atoms with Crippen LogP contribution in [-0.4, -0.2) is 35.8 Å². The summed E-state index contributed by atoms with van der Waals surface area (Å²) in [7, 11) is 0. The highest BCUT2D eigenvalue weighted by atomic mass is 16.2. The van der Waals surface area contributed by atoms with E-state index in [0.29, 0.717) is 24.8 Å². The van der Waals surface area contributed by atoms with Gasteiger partial charge < -0.3 is 10.2 Å². The molecule has 4 rings (SSSR count). The van der Waals surface area contributed by atoms with E-state index >= 15 is 0 Å². The van der Waals surface area contributed by atoms with Gasteiger partial charge in [0.15, 0.2) is 0 Å². The highest BCUT2D eigenvalue weighted by Crippen LogP contribution is 2.48. The van der Waals surface area contributed by atoms with Crippen molar-refractivity contribution in [2.45, 2.75) is 51.0 Å². The summed E-state index contributed by atoms with van der Waals surface area (Å²) >= 11 is 0. The number of hydrogen-bond acceptors (Lipinski definition) is 2. The molecule has 4 nitrogen and oxygen atoms in total. The Morgan fingerprint density at radius 2 is 1.85 bits per heavy atom. The van der Waals surface area contributed by atoms with Crippen molar-refractivity contribution < 1.29 is 9.59 Å². The highest BCUT2D eigenvalue weighted by Gasteiger charge is 2.44. The lowest BCUT2D eigenvalue weighted by molar-refractivity contribution is -0.134. The molecule has 3 aliphatic carbocycles. The van der Waals surface area contributed by atoms with Gasteiger partial charge >= 0.3 is 0 Å². The summed E-state index contributed by atoms with van der Waals surface area (Å²) in [5.41, 5.74) is 0. The summed E-state index contributed by atoms with van der Waals surface area (Å²) in [5, 5.41) is 2.95. The molecule has 0 radical (unpaired) electrons. The molecule has 4 aliphatic rings. The smallest absolute Gasteiger partial charge is 0.245 e. The Morgan fingerprint density at radius 3 is 2.50 bits per heavy atom. The van der Waals surface area contributed by atoms with Gasteiger partial charge in [0.2, 0.25) is 11.8 Å². The van der Waals surface area contributed by atoms with Crippen LogP contribution >= 0.6 is 0 Å². The van der Waals surface area contributed by atoms with E-state index in [0.717, 1.165) is 31.2 Å². The zero-order chi connectivity index (χ0) is 13.7. The van der Waals surface area contributed by atoms with Crippen molar-refractivity contribution in [2.75, 3.05) is 13.1 Å². The van der Waals surface area contributed by atoms with E-state index in [4.69, 9.17) is 0 Å². The zero-order valence-corrected chi connectivity index (χ0v) is 12.0. The molecule has 1 heterocycles. The Bertz CT molecular complexity index is 432. The van der Waals surface area contributed by atoms with Crippen molar-refractivity contribution in [1.82, 2.24) is 10.2 Å². The van der Waals surface area contributed by atoms with Crippen LogP contribution in [0.15, 0.2) is 0 Å². The monoisotopic (exact) mass is 276 g/mol. The predicted octanol–water partition coefficient (Wildman–Crippen LogP) is 1.55. The van der Waals surface area contributed by atoms with Gasteiger partial charge in [0.25, 0.3) is 0 Å². The van der Waals surface area contributed by atoms with Gasteiger partial charge in [0.05, 0.1) is 0 Å². The van der Waals surface area contributed by atoms with Gasteiger partial charge in [0, 0.05) is 19.5 Å². The van der Waals surface area contributed by atoms with Crippen LogP contribution in [0.1, 0.15) is 44.9 Å². The Labute approximate surface area is 120 Å². The summed E-state index contributed by atoms with van der Waals surface area (Å²) in [4.78, 5) is 26.5. The maximum atomic E-state index is 12.7. The van der Waals surface area contributed by atoms with Crippen molar-refractivity contribution in [1.29, 1.82) is 0 Å². The first kappa shape index (κ1) is 12.7. The summed E-state index contributed by atoms with van der Waals surface area (Å²) in [6, 6.07) is -0.219. The van der Waals surface area contributed by atoms with Crippen molar-refractivity contribution in [2.24, 2.45) is 23.7 Å². The lowest BCUT2D eigenvalue weighted by atomic mass is 9.88. The van der Waals surface area contributed by atoms with Gasteiger partial charge in [-0.05, 0) is 55.8 Å². The maximum Gasteiger partial charge on any atom is 0.245 e. The SMILES string of the molecule is O=C1CCN(CC2CC3CCC2C3)C(=O)C(C2CC2)N1. The minimum atomic E-state index is -0.219. The second-order valence-electron chi connectivity index (χ2n) is 7.35. The number of nitrogens with one attached hydrogen (secondary N) is 1. The first-order chi connectivity index (χ1) is 9.70. The van der Waals surface area contributed by atoms with Crippen molar-refractivity contribution in [3.63, 3.8) is 0 Å². The van der Waals surface area contributed by atoms with Crippen molar-refractivity contribution in [3.8, 4) is 0 Å². The molecule has 0 spiro atoms. The molecule has 4 fully saturated rings. The van der Waals surface area contributed by atoms with Gasteiger partial charge in [0.1, 0.15) is 6.04 Å². The number of hydrogen-bond donors (Lipinski definition) is 1. The van der Waals surface area contributed by atoms with E-state index in [-0.39, 0.29) is 17.9 Å². The standard InChI is InChI=1S/C16H24N2O2/c19-14-5-6-18(16(20)15(17-14)11-3-4-11)9-13-8-10-1-2-12(13)7-10/h10-13,15H,1-9H2,(H,17,19). The molecule has 4 unspecified atom stereocenters. The average molecular weight is 276 g/mol. The van der Waals surface area contributed by atoms with Crippen LogP contribution in [-0.2, 0) is 9.59 Å². The minimum absolute atomic E-state index is 0.0608. The molecular formula is C16H24N2O2. The van der Waals surface area contributed by atoms with Gasteiger partial charge in [-0.2, -0.15) is 0 Å². The van der Waals surface area contributed by atoms with Gasteiger partial charge in [-0.25, -0.2) is 0 Å². The minimum Gasteiger partial charge on any atom is -0.344 e. The number of amides is 2. The molecule has 20 heavy (non-hydrogen) atoms. The number of fused-ring (bicyclic) bond motifs is 2. The van der Waals surface area contributed by atoms with Crippen LogP contribution in [0.25, 0.3) is 0 Å². The van der Waals surface area contributed by atoms with Crippen LogP contribution in [0.3, 0.4) is 0 Å². The fourth-order valence-corrected chi connectivity index (χ4v) is 4.66. The molecule has 1 saturated heterocycles. The Kier molecular flexibility index (Phi) is 3.00. The predicted molar refractivity (Wildman–Crippen MR) is 74.8 cm³/mol. The number of rotatable bonds is 3. The topological polar surface area (TPSA) is 49.4 Å². The summed E-state index contributed by atoms with van der Waals surface area (Å²) < 4.78 is 0. The largest absolute Gasteiger partial charge is 0.344 e. The van der Waals surface area contributed by atoms with E-state index in [9.17, 15) is 9.59 Å². The Morgan fingerprint density at radius 1 is 1.05 bits per heavy atom. The third-order valence-corrected chi connectivity index (χ3v) is 5.94. The van der Waals surface area contributed by atoms with Crippen LogP contribution in [0.2, 0.25) is 0 Å². The molecule has 4 heteroatoms. The first-order valence-corrected chi connectivity index (χ1v) is 8.29. The number of carbonyl (C=O) groups excluding carboxylic acids is 2. The Balaban J connectivity index is 1.45. The number of carbonyl (C=O) groups is 2. The lowest BCUT2D eigenvalue weighted by Crippen LogP contribution is -2.47. The molecule has 0 aromatic rings. The maximum absolute atomic E-state index is 12.7. The quantitative estimate of drug-likeness (QED) is 0.850. The molecule has 0 aromatic heterocycles. The van der Waals surface area contributed by atoms with E-state index in [1.54, 1.807) is 0 Å². The molecule has 2 bridgehead atoms.